The van der Waals surface area contributed by atoms with Crippen LogP contribution in [0.1, 0.15) is 29.0 Å². The summed E-state index contributed by atoms with van der Waals surface area (Å²) in [6.07, 6.45) is 0.980. The summed E-state index contributed by atoms with van der Waals surface area (Å²) in [5.74, 6) is -0.440. The molecule has 0 bridgehead atoms. The molecule has 2 aromatic rings. The zero-order chi connectivity index (χ0) is 13.1. The monoisotopic (exact) mass is 282 g/mol. The van der Waals surface area contributed by atoms with Gasteiger partial charge in [0.05, 0.1) is 10.4 Å². The molecule has 0 heterocycles. The van der Waals surface area contributed by atoms with Crippen LogP contribution in [0.25, 0.3) is 0 Å². The summed E-state index contributed by atoms with van der Waals surface area (Å²) in [6.45, 7) is 2.09. The third-order valence-electron chi connectivity index (χ3n) is 2.94. The van der Waals surface area contributed by atoms with Crippen LogP contribution in [0, 0.1) is 5.82 Å². The summed E-state index contributed by atoms with van der Waals surface area (Å²) in [7, 11) is 0. The standard InChI is InChI=1S/C15H13Cl2F/c1-2-10-6-8-11(9-7-10)14(16)12-4-3-5-13(18)15(12)17/h3-9,14H,2H2,1H3. The first kappa shape index (κ1) is 13.4. The minimum absolute atomic E-state index is 0.0945. The normalized spacial score (nSPS) is 12.4. The third kappa shape index (κ3) is 2.68. The summed E-state index contributed by atoms with van der Waals surface area (Å²) in [5.41, 5.74) is 2.76. The molecule has 2 aromatic carbocycles. The van der Waals surface area contributed by atoms with Crippen molar-refractivity contribution in [1.82, 2.24) is 0 Å². The Hall–Kier alpha value is -1.05. The average molecular weight is 283 g/mol. The van der Waals surface area contributed by atoms with E-state index in [9.17, 15) is 4.39 Å². The second kappa shape index (κ2) is 5.73. The van der Waals surface area contributed by atoms with Gasteiger partial charge in [0, 0.05) is 0 Å². The van der Waals surface area contributed by atoms with Gasteiger partial charge in [0.1, 0.15) is 5.82 Å². The van der Waals surface area contributed by atoms with Crippen molar-refractivity contribution in [3.63, 3.8) is 0 Å². The maximum absolute atomic E-state index is 13.4. The molecule has 0 radical (unpaired) electrons. The smallest absolute Gasteiger partial charge is 0.142 e. The van der Waals surface area contributed by atoms with E-state index in [2.05, 4.69) is 6.92 Å². The van der Waals surface area contributed by atoms with Crippen molar-refractivity contribution in [2.45, 2.75) is 18.7 Å². The SMILES string of the molecule is CCc1ccc(C(Cl)c2cccc(F)c2Cl)cc1. The first-order valence-corrected chi connectivity index (χ1v) is 6.61. The van der Waals surface area contributed by atoms with Gasteiger partial charge in [-0.05, 0) is 29.2 Å². The number of halogens is 3. The van der Waals surface area contributed by atoms with Crippen molar-refractivity contribution in [3.8, 4) is 0 Å². The molecule has 0 saturated carbocycles. The van der Waals surface area contributed by atoms with Gasteiger partial charge in [-0.3, -0.25) is 0 Å². The number of alkyl halides is 1. The van der Waals surface area contributed by atoms with Crippen LogP contribution < -0.4 is 0 Å². The fourth-order valence-corrected chi connectivity index (χ4v) is 2.44. The second-order valence-corrected chi connectivity index (χ2v) is 4.92. The van der Waals surface area contributed by atoms with Crippen LogP contribution in [0.2, 0.25) is 5.02 Å². The molecule has 0 saturated heterocycles. The molecule has 0 nitrogen and oxygen atoms in total. The Morgan fingerprint density at radius 2 is 1.78 bits per heavy atom. The maximum Gasteiger partial charge on any atom is 0.142 e. The fourth-order valence-electron chi connectivity index (χ4n) is 1.82. The van der Waals surface area contributed by atoms with Gasteiger partial charge in [0.25, 0.3) is 0 Å². The quantitative estimate of drug-likeness (QED) is 0.664. The molecule has 0 aliphatic carbocycles. The molecular formula is C15H13Cl2F. The zero-order valence-electron chi connectivity index (χ0n) is 9.96. The topological polar surface area (TPSA) is 0 Å². The molecule has 0 N–H and O–H groups in total. The lowest BCUT2D eigenvalue weighted by Gasteiger charge is -2.13. The van der Waals surface area contributed by atoms with Gasteiger partial charge in [0.2, 0.25) is 0 Å². The molecule has 0 amide bonds. The summed E-state index contributed by atoms with van der Waals surface area (Å²) in [6, 6.07) is 12.7. The van der Waals surface area contributed by atoms with E-state index in [1.165, 1.54) is 11.6 Å². The van der Waals surface area contributed by atoms with Crippen LogP contribution in [0.15, 0.2) is 42.5 Å². The predicted molar refractivity (Wildman–Crippen MR) is 74.9 cm³/mol. The Kier molecular flexibility index (Phi) is 4.26. The molecule has 3 heteroatoms. The number of benzene rings is 2. The second-order valence-electron chi connectivity index (χ2n) is 4.10. The van der Waals surface area contributed by atoms with Crippen molar-refractivity contribution in [2.24, 2.45) is 0 Å². The van der Waals surface area contributed by atoms with Crippen molar-refractivity contribution in [2.75, 3.05) is 0 Å². The number of hydrogen-bond donors (Lipinski definition) is 0. The predicted octanol–water partition coefficient (Wildman–Crippen LogP) is 5.37. The van der Waals surface area contributed by atoms with Gasteiger partial charge in [-0.15, -0.1) is 11.6 Å². The van der Waals surface area contributed by atoms with Crippen LogP contribution in [0.4, 0.5) is 4.39 Å². The molecule has 0 aliphatic heterocycles. The maximum atomic E-state index is 13.4. The van der Waals surface area contributed by atoms with Gasteiger partial charge >= 0.3 is 0 Å². The van der Waals surface area contributed by atoms with Crippen molar-refractivity contribution in [1.29, 1.82) is 0 Å². The number of hydrogen-bond acceptors (Lipinski definition) is 0. The van der Waals surface area contributed by atoms with E-state index in [1.807, 2.05) is 24.3 Å². The molecule has 0 fully saturated rings. The Labute approximate surface area is 116 Å². The fraction of sp³-hybridized carbons (Fsp3) is 0.200. The zero-order valence-corrected chi connectivity index (χ0v) is 11.5. The number of aryl methyl sites for hydroxylation is 1. The van der Waals surface area contributed by atoms with Crippen molar-refractivity contribution < 1.29 is 4.39 Å². The molecule has 1 unspecified atom stereocenters. The Balaban J connectivity index is 2.35. The Morgan fingerprint density at radius 1 is 1.11 bits per heavy atom. The lowest BCUT2D eigenvalue weighted by atomic mass is 10.0. The molecule has 2 rings (SSSR count). The third-order valence-corrected chi connectivity index (χ3v) is 3.82. The van der Waals surface area contributed by atoms with Gasteiger partial charge in [-0.25, -0.2) is 4.39 Å². The minimum Gasteiger partial charge on any atom is -0.205 e. The van der Waals surface area contributed by atoms with E-state index in [4.69, 9.17) is 23.2 Å². The highest BCUT2D eigenvalue weighted by Crippen LogP contribution is 2.34. The average Bonchev–Trinajstić information content (AvgIpc) is 2.41. The van der Waals surface area contributed by atoms with Gasteiger partial charge < -0.3 is 0 Å². The largest absolute Gasteiger partial charge is 0.205 e. The van der Waals surface area contributed by atoms with Gasteiger partial charge in [-0.1, -0.05) is 54.9 Å². The first-order valence-electron chi connectivity index (χ1n) is 5.80. The molecule has 0 aliphatic rings. The summed E-state index contributed by atoms with van der Waals surface area (Å²) in [5, 5.41) is -0.337. The highest BCUT2D eigenvalue weighted by atomic mass is 35.5. The summed E-state index contributed by atoms with van der Waals surface area (Å²) in [4.78, 5) is 0. The summed E-state index contributed by atoms with van der Waals surface area (Å²) >= 11 is 12.3. The summed E-state index contributed by atoms with van der Waals surface area (Å²) < 4.78 is 13.4. The van der Waals surface area contributed by atoms with Crippen molar-refractivity contribution >= 4 is 23.2 Å². The van der Waals surface area contributed by atoms with E-state index in [0.717, 1.165) is 12.0 Å². The molecule has 0 spiro atoms. The van der Waals surface area contributed by atoms with E-state index in [1.54, 1.807) is 12.1 Å². The minimum atomic E-state index is -0.440. The van der Waals surface area contributed by atoms with Crippen LogP contribution in [0.3, 0.4) is 0 Å². The molecular weight excluding hydrogens is 270 g/mol. The van der Waals surface area contributed by atoms with Crippen LogP contribution in [-0.4, -0.2) is 0 Å². The van der Waals surface area contributed by atoms with E-state index < -0.39 is 11.2 Å². The highest BCUT2D eigenvalue weighted by Gasteiger charge is 2.16. The van der Waals surface area contributed by atoms with E-state index >= 15 is 0 Å². The van der Waals surface area contributed by atoms with Crippen LogP contribution in [0.5, 0.6) is 0 Å². The van der Waals surface area contributed by atoms with E-state index in [0.29, 0.717) is 5.56 Å². The lowest BCUT2D eigenvalue weighted by molar-refractivity contribution is 0.626. The molecule has 94 valence electrons. The van der Waals surface area contributed by atoms with Crippen molar-refractivity contribution in [3.05, 3.63) is 70.0 Å². The highest BCUT2D eigenvalue weighted by molar-refractivity contribution is 6.33. The van der Waals surface area contributed by atoms with Gasteiger partial charge in [-0.2, -0.15) is 0 Å². The first-order chi connectivity index (χ1) is 8.63. The van der Waals surface area contributed by atoms with E-state index in [-0.39, 0.29) is 5.02 Å². The molecule has 1 atom stereocenters. The van der Waals surface area contributed by atoms with Crippen LogP contribution in [-0.2, 0) is 6.42 Å². The number of rotatable bonds is 3. The van der Waals surface area contributed by atoms with Crippen LogP contribution >= 0.6 is 23.2 Å². The molecule has 0 aromatic heterocycles. The Bertz CT molecular complexity index is 535. The van der Waals surface area contributed by atoms with Gasteiger partial charge in [0.15, 0.2) is 0 Å². The lowest BCUT2D eigenvalue weighted by Crippen LogP contribution is -1.96. The molecule has 18 heavy (non-hydrogen) atoms. The Morgan fingerprint density at radius 3 is 2.39 bits per heavy atom.